The van der Waals surface area contributed by atoms with Crippen molar-refractivity contribution in [1.29, 1.82) is 0 Å². The molecule has 7 nitrogen and oxygen atoms in total. The predicted octanol–water partition coefficient (Wildman–Crippen LogP) is 6.71. The Balaban J connectivity index is 1.82. The lowest BCUT2D eigenvalue weighted by molar-refractivity contribution is -0.140. The van der Waals surface area contributed by atoms with Crippen molar-refractivity contribution < 1.29 is 18.0 Å². The number of hydrogen-bond donors (Lipinski definition) is 1. The Labute approximate surface area is 271 Å². The molecule has 45 heavy (non-hydrogen) atoms. The Hall–Kier alpha value is -4.14. The molecule has 236 valence electrons. The summed E-state index contributed by atoms with van der Waals surface area (Å²) >= 11 is 6.57. The molecule has 4 aromatic carbocycles. The number of halogens is 1. The van der Waals surface area contributed by atoms with E-state index in [2.05, 4.69) is 5.32 Å². The van der Waals surface area contributed by atoms with Crippen LogP contribution in [0, 0.1) is 13.8 Å². The number of nitrogens with one attached hydrogen (secondary N) is 1. The van der Waals surface area contributed by atoms with Crippen molar-refractivity contribution in [2.24, 2.45) is 0 Å². The maximum atomic E-state index is 14.6. The summed E-state index contributed by atoms with van der Waals surface area (Å²) in [5, 5.41) is 3.45. The number of aryl methyl sites for hydroxylation is 2. The Kier molecular flexibility index (Phi) is 11.8. The molecule has 1 N–H and O–H groups in total. The van der Waals surface area contributed by atoms with Gasteiger partial charge in [0.25, 0.3) is 10.0 Å². The van der Waals surface area contributed by atoms with E-state index in [1.807, 2.05) is 69.3 Å². The number of carbonyl (C=O) groups is 2. The maximum Gasteiger partial charge on any atom is 0.264 e. The van der Waals surface area contributed by atoms with E-state index < -0.39 is 28.5 Å². The van der Waals surface area contributed by atoms with E-state index in [0.717, 1.165) is 28.3 Å². The minimum atomic E-state index is -4.17. The normalized spacial score (nSPS) is 11.9. The molecule has 0 aromatic heterocycles. The van der Waals surface area contributed by atoms with Crippen LogP contribution in [0.25, 0.3) is 0 Å². The molecule has 0 aliphatic rings. The average Bonchev–Trinajstić information content (AvgIpc) is 3.04. The zero-order chi connectivity index (χ0) is 32.4. The third-order valence-corrected chi connectivity index (χ3v) is 9.79. The summed E-state index contributed by atoms with van der Waals surface area (Å²) in [5.74, 6) is -0.834. The van der Waals surface area contributed by atoms with E-state index in [9.17, 15) is 18.0 Å². The molecule has 2 amide bonds. The summed E-state index contributed by atoms with van der Waals surface area (Å²) in [6, 6.07) is 29.3. The molecule has 0 aliphatic carbocycles. The van der Waals surface area contributed by atoms with Gasteiger partial charge < -0.3 is 10.2 Å². The number of unbranched alkanes of at least 4 members (excludes halogenated alkanes) is 1. The Morgan fingerprint density at radius 2 is 1.51 bits per heavy atom. The van der Waals surface area contributed by atoms with Crippen LogP contribution < -0.4 is 9.62 Å². The highest BCUT2D eigenvalue weighted by atomic mass is 35.5. The topological polar surface area (TPSA) is 86.8 Å². The van der Waals surface area contributed by atoms with Crippen molar-refractivity contribution in [1.82, 2.24) is 10.2 Å². The minimum Gasteiger partial charge on any atom is -0.354 e. The predicted molar refractivity (Wildman–Crippen MR) is 181 cm³/mol. The summed E-state index contributed by atoms with van der Waals surface area (Å²) in [5.41, 5.74) is 3.46. The van der Waals surface area contributed by atoms with Crippen LogP contribution in [0.2, 0.25) is 5.02 Å². The molecule has 0 saturated carbocycles. The van der Waals surface area contributed by atoms with Gasteiger partial charge in [0.1, 0.15) is 12.6 Å². The van der Waals surface area contributed by atoms with Gasteiger partial charge in [0, 0.05) is 24.5 Å². The molecule has 0 saturated heterocycles. The molecule has 0 radical (unpaired) electrons. The Morgan fingerprint density at radius 1 is 0.867 bits per heavy atom. The highest BCUT2D eigenvalue weighted by Gasteiger charge is 2.35. The molecule has 0 spiro atoms. The van der Waals surface area contributed by atoms with Gasteiger partial charge in [-0.05, 0) is 66.8 Å². The Bertz CT molecular complexity index is 1700. The molecule has 4 rings (SSSR count). The fourth-order valence-corrected chi connectivity index (χ4v) is 6.78. The first-order valence-corrected chi connectivity index (χ1v) is 16.9. The van der Waals surface area contributed by atoms with Gasteiger partial charge in [-0.15, -0.1) is 0 Å². The van der Waals surface area contributed by atoms with E-state index in [-0.39, 0.29) is 23.8 Å². The molecule has 0 heterocycles. The van der Waals surface area contributed by atoms with E-state index in [1.54, 1.807) is 42.5 Å². The smallest absolute Gasteiger partial charge is 0.264 e. The number of rotatable bonds is 14. The third kappa shape index (κ3) is 8.74. The zero-order valence-corrected chi connectivity index (χ0v) is 27.5. The number of anilines is 1. The highest BCUT2D eigenvalue weighted by Crippen LogP contribution is 2.29. The molecule has 0 bridgehead atoms. The van der Waals surface area contributed by atoms with Crippen LogP contribution in [0.3, 0.4) is 0 Å². The van der Waals surface area contributed by atoms with Crippen LogP contribution in [0.15, 0.2) is 108 Å². The summed E-state index contributed by atoms with van der Waals surface area (Å²) in [6.45, 7) is 5.69. The van der Waals surface area contributed by atoms with Crippen LogP contribution in [0.4, 0.5) is 5.69 Å². The lowest BCUT2D eigenvalue weighted by Gasteiger charge is -2.34. The van der Waals surface area contributed by atoms with Crippen LogP contribution >= 0.6 is 11.6 Å². The molecule has 0 unspecified atom stereocenters. The molecule has 4 aromatic rings. The highest BCUT2D eigenvalue weighted by molar-refractivity contribution is 7.92. The number of hydrogen-bond acceptors (Lipinski definition) is 4. The van der Waals surface area contributed by atoms with Crippen molar-refractivity contribution in [3.8, 4) is 0 Å². The van der Waals surface area contributed by atoms with Crippen LogP contribution in [0.1, 0.15) is 42.0 Å². The molecular weight excluding hydrogens is 606 g/mol. The molecular formula is C36H40ClN3O4S. The third-order valence-electron chi connectivity index (χ3n) is 7.64. The largest absolute Gasteiger partial charge is 0.354 e. The van der Waals surface area contributed by atoms with E-state index in [1.165, 1.54) is 17.0 Å². The summed E-state index contributed by atoms with van der Waals surface area (Å²) < 4.78 is 29.5. The van der Waals surface area contributed by atoms with Crippen molar-refractivity contribution in [2.75, 3.05) is 17.4 Å². The van der Waals surface area contributed by atoms with E-state index in [4.69, 9.17) is 11.6 Å². The summed E-state index contributed by atoms with van der Waals surface area (Å²) in [6.07, 6.45) is 1.93. The van der Waals surface area contributed by atoms with E-state index >= 15 is 0 Å². The van der Waals surface area contributed by atoms with Crippen molar-refractivity contribution >= 4 is 39.1 Å². The first-order valence-electron chi connectivity index (χ1n) is 15.1. The van der Waals surface area contributed by atoms with Crippen molar-refractivity contribution in [3.05, 3.63) is 130 Å². The first kappa shape index (κ1) is 33.7. The molecule has 1 atom stereocenters. The number of benzene rings is 4. The van der Waals surface area contributed by atoms with Gasteiger partial charge in [-0.3, -0.25) is 13.9 Å². The number of nitrogens with zero attached hydrogens (tertiary/aromatic N) is 2. The first-order chi connectivity index (χ1) is 21.6. The average molecular weight is 646 g/mol. The standard InChI is InChI=1S/C36H40ClN3O4S/c1-4-5-22-38-36(42)34(24-29-14-8-6-9-15-29)39(25-30-16-12-13-19-32(30)37)35(41)26-40(33-23-27(2)20-21-28(33)3)45(43,44)31-17-10-7-11-18-31/h6-21,23,34H,4-5,22,24-26H2,1-3H3,(H,38,42)/t34-/m1/s1. The minimum absolute atomic E-state index is 0.0171. The monoisotopic (exact) mass is 645 g/mol. The van der Waals surface area contributed by atoms with Gasteiger partial charge >= 0.3 is 0 Å². The van der Waals surface area contributed by atoms with Gasteiger partial charge in [-0.1, -0.05) is 104 Å². The molecule has 9 heteroatoms. The summed E-state index contributed by atoms with van der Waals surface area (Å²) in [4.78, 5) is 30.0. The van der Waals surface area contributed by atoms with Gasteiger partial charge in [0.15, 0.2) is 0 Å². The second-order valence-corrected chi connectivity index (χ2v) is 13.3. The molecule has 0 fully saturated rings. The number of sulfonamides is 1. The number of amides is 2. The quantitative estimate of drug-likeness (QED) is 0.155. The van der Waals surface area contributed by atoms with E-state index in [0.29, 0.717) is 28.4 Å². The molecule has 0 aliphatic heterocycles. The van der Waals surface area contributed by atoms with Gasteiger partial charge in [0.05, 0.1) is 10.6 Å². The zero-order valence-electron chi connectivity index (χ0n) is 25.9. The van der Waals surface area contributed by atoms with Crippen LogP contribution in [-0.2, 0) is 32.6 Å². The van der Waals surface area contributed by atoms with Gasteiger partial charge in [0.2, 0.25) is 11.8 Å². The van der Waals surface area contributed by atoms with Gasteiger partial charge in [-0.25, -0.2) is 8.42 Å². The second-order valence-electron chi connectivity index (χ2n) is 11.1. The lowest BCUT2D eigenvalue weighted by Crippen LogP contribution is -2.53. The summed E-state index contributed by atoms with van der Waals surface area (Å²) in [7, 11) is -4.17. The fourth-order valence-electron chi connectivity index (χ4n) is 5.09. The fraction of sp³-hybridized carbons (Fsp3) is 0.278. The van der Waals surface area contributed by atoms with Crippen LogP contribution in [-0.4, -0.2) is 44.3 Å². The SMILES string of the molecule is CCCCNC(=O)[C@@H](Cc1ccccc1)N(Cc1ccccc1Cl)C(=O)CN(c1cc(C)ccc1C)S(=O)(=O)c1ccccc1. The second kappa shape index (κ2) is 15.7. The maximum absolute atomic E-state index is 14.6. The van der Waals surface area contributed by atoms with Crippen molar-refractivity contribution in [3.63, 3.8) is 0 Å². The van der Waals surface area contributed by atoms with Crippen LogP contribution in [0.5, 0.6) is 0 Å². The van der Waals surface area contributed by atoms with Crippen molar-refractivity contribution in [2.45, 2.75) is 57.5 Å². The van der Waals surface area contributed by atoms with Gasteiger partial charge in [-0.2, -0.15) is 0 Å². The Morgan fingerprint density at radius 3 is 2.18 bits per heavy atom. The lowest BCUT2D eigenvalue weighted by atomic mass is 10.0. The number of carbonyl (C=O) groups excluding carboxylic acids is 2.